The molecular weight excluding hydrogens is 284 g/mol. The Morgan fingerprint density at radius 2 is 2.45 bits per heavy atom. The number of morpholine rings is 1. The van der Waals surface area contributed by atoms with Crippen LogP contribution < -0.4 is 5.32 Å². The van der Waals surface area contributed by atoms with E-state index in [9.17, 15) is 10.1 Å². The van der Waals surface area contributed by atoms with E-state index in [0.29, 0.717) is 13.2 Å². The fourth-order valence-corrected chi connectivity index (χ4v) is 2.25. The van der Waals surface area contributed by atoms with E-state index in [-0.39, 0.29) is 22.8 Å². The Kier molecular flexibility index (Phi) is 5.11. The standard InChI is InChI=1S/C12H17ClN4O3/c1-2-16-5-6-20-9(8-16)7-14-12-10(17(18)19)3-4-11(13)15-12/h3-4,9H,2,5-8H2,1H3,(H,14,15). The highest BCUT2D eigenvalue weighted by molar-refractivity contribution is 6.29. The van der Waals surface area contributed by atoms with Crippen LogP contribution in [0.5, 0.6) is 0 Å². The number of halogens is 1. The fourth-order valence-electron chi connectivity index (χ4n) is 2.11. The summed E-state index contributed by atoms with van der Waals surface area (Å²) in [5.74, 6) is 0.180. The minimum atomic E-state index is -0.480. The summed E-state index contributed by atoms with van der Waals surface area (Å²) in [5, 5.41) is 14.1. The first kappa shape index (κ1) is 15.0. The Morgan fingerprint density at radius 3 is 3.15 bits per heavy atom. The Morgan fingerprint density at radius 1 is 1.65 bits per heavy atom. The normalized spacial score (nSPS) is 19.8. The smallest absolute Gasteiger partial charge is 0.311 e. The van der Waals surface area contributed by atoms with Gasteiger partial charge in [0.15, 0.2) is 0 Å². The number of nitro groups is 1. The maximum atomic E-state index is 10.9. The summed E-state index contributed by atoms with van der Waals surface area (Å²) in [7, 11) is 0. The number of rotatable bonds is 5. The van der Waals surface area contributed by atoms with Crippen LogP contribution in [0.3, 0.4) is 0 Å². The molecular formula is C12H17ClN4O3. The summed E-state index contributed by atoms with van der Waals surface area (Å²) >= 11 is 5.78. The molecule has 110 valence electrons. The SMILES string of the molecule is CCN1CCOC(CNc2nc(Cl)ccc2[N+](=O)[O-])C1. The molecule has 1 aromatic rings. The van der Waals surface area contributed by atoms with Crippen LogP contribution >= 0.6 is 11.6 Å². The van der Waals surface area contributed by atoms with Crippen LogP contribution in [-0.2, 0) is 4.74 Å². The van der Waals surface area contributed by atoms with Crippen molar-refractivity contribution < 1.29 is 9.66 Å². The summed E-state index contributed by atoms with van der Waals surface area (Å²) in [6, 6.07) is 2.75. The molecule has 2 rings (SSSR count). The van der Waals surface area contributed by atoms with Crippen LogP contribution in [0.4, 0.5) is 11.5 Å². The van der Waals surface area contributed by atoms with Gasteiger partial charge >= 0.3 is 5.69 Å². The van der Waals surface area contributed by atoms with E-state index in [2.05, 4.69) is 22.1 Å². The van der Waals surface area contributed by atoms with Gasteiger partial charge in [0.25, 0.3) is 0 Å². The van der Waals surface area contributed by atoms with Crippen molar-refractivity contribution in [3.63, 3.8) is 0 Å². The van der Waals surface area contributed by atoms with Gasteiger partial charge in [-0.2, -0.15) is 0 Å². The lowest BCUT2D eigenvalue weighted by Crippen LogP contribution is -2.45. The lowest BCUT2D eigenvalue weighted by molar-refractivity contribution is -0.384. The molecule has 1 aliphatic rings. The quantitative estimate of drug-likeness (QED) is 0.507. The van der Waals surface area contributed by atoms with Crippen LogP contribution in [0.2, 0.25) is 5.15 Å². The van der Waals surface area contributed by atoms with Crippen LogP contribution in [0.25, 0.3) is 0 Å². The summed E-state index contributed by atoms with van der Waals surface area (Å²) in [4.78, 5) is 16.7. The molecule has 7 nitrogen and oxygen atoms in total. The highest BCUT2D eigenvalue weighted by Gasteiger charge is 2.21. The Balaban J connectivity index is 1.99. The second-order valence-electron chi connectivity index (χ2n) is 4.53. The number of hydrogen-bond acceptors (Lipinski definition) is 6. The number of hydrogen-bond donors (Lipinski definition) is 1. The predicted octanol–water partition coefficient (Wildman–Crippen LogP) is 1.78. The maximum Gasteiger partial charge on any atom is 0.311 e. The first-order valence-electron chi connectivity index (χ1n) is 6.49. The molecule has 0 radical (unpaired) electrons. The molecule has 0 saturated carbocycles. The molecule has 8 heteroatoms. The van der Waals surface area contributed by atoms with E-state index in [4.69, 9.17) is 16.3 Å². The number of nitrogens with zero attached hydrogens (tertiary/aromatic N) is 3. The van der Waals surface area contributed by atoms with Gasteiger partial charge in [0, 0.05) is 25.7 Å². The minimum absolute atomic E-state index is 0.0101. The monoisotopic (exact) mass is 300 g/mol. The first-order chi connectivity index (χ1) is 9.60. The van der Waals surface area contributed by atoms with Crippen molar-refractivity contribution in [1.29, 1.82) is 0 Å². The van der Waals surface area contributed by atoms with E-state index in [1.54, 1.807) is 0 Å². The van der Waals surface area contributed by atoms with Crippen molar-refractivity contribution in [2.45, 2.75) is 13.0 Å². The lowest BCUT2D eigenvalue weighted by atomic mass is 10.2. The number of likely N-dealkylation sites (N-methyl/N-ethyl adjacent to an activating group) is 1. The summed E-state index contributed by atoms with van der Waals surface area (Å²) < 4.78 is 5.63. The molecule has 20 heavy (non-hydrogen) atoms. The number of nitrogens with one attached hydrogen (secondary N) is 1. The molecule has 2 heterocycles. The Hall–Kier alpha value is -1.44. The molecule has 0 spiro atoms. The molecule has 1 aromatic heterocycles. The molecule has 1 aliphatic heterocycles. The van der Waals surface area contributed by atoms with E-state index in [0.717, 1.165) is 19.6 Å². The zero-order valence-electron chi connectivity index (χ0n) is 11.2. The van der Waals surface area contributed by atoms with Crippen LogP contribution in [0.15, 0.2) is 12.1 Å². The molecule has 1 saturated heterocycles. The highest BCUT2D eigenvalue weighted by Crippen LogP contribution is 2.24. The third kappa shape index (κ3) is 3.78. The van der Waals surface area contributed by atoms with Gasteiger partial charge in [-0.3, -0.25) is 15.0 Å². The zero-order chi connectivity index (χ0) is 14.5. The second-order valence-corrected chi connectivity index (χ2v) is 4.91. The number of anilines is 1. The lowest BCUT2D eigenvalue weighted by Gasteiger charge is -2.32. The first-order valence-corrected chi connectivity index (χ1v) is 6.86. The number of pyridine rings is 1. The number of aromatic nitrogens is 1. The average molecular weight is 301 g/mol. The van der Waals surface area contributed by atoms with Crippen molar-refractivity contribution in [1.82, 2.24) is 9.88 Å². The zero-order valence-corrected chi connectivity index (χ0v) is 12.0. The number of ether oxygens (including phenoxy) is 1. The van der Waals surface area contributed by atoms with Crippen LogP contribution in [0, 0.1) is 10.1 Å². The van der Waals surface area contributed by atoms with E-state index >= 15 is 0 Å². The Bertz CT molecular complexity index is 486. The van der Waals surface area contributed by atoms with Crippen molar-refractivity contribution in [3.8, 4) is 0 Å². The third-order valence-electron chi connectivity index (χ3n) is 3.20. The highest BCUT2D eigenvalue weighted by atomic mass is 35.5. The molecule has 0 aromatic carbocycles. The van der Waals surface area contributed by atoms with Gasteiger partial charge in [-0.1, -0.05) is 18.5 Å². The summed E-state index contributed by atoms with van der Waals surface area (Å²) in [5.41, 5.74) is -0.0856. The van der Waals surface area contributed by atoms with Crippen molar-refractivity contribution in [3.05, 3.63) is 27.4 Å². The van der Waals surface area contributed by atoms with Gasteiger partial charge in [0.05, 0.1) is 17.6 Å². The molecule has 0 aliphatic carbocycles. The average Bonchev–Trinajstić information content (AvgIpc) is 2.45. The Labute approximate surface area is 122 Å². The molecule has 1 unspecified atom stereocenters. The van der Waals surface area contributed by atoms with Crippen LogP contribution in [-0.4, -0.2) is 53.7 Å². The van der Waals surface area contributed by atoms with E-state index in [1.807, 2.05) is 0 Å². The topological polar surface area (TPSA) is 80.5 Å². The van der Waals surface area contributed by atoms with Gasteiger partial charge in [-0.15, -0.1) is 0 Å². The summed E-state index contributed by atoms with van der Waals surface area (Å²) in [6.45, 7) is 5.92. The van der Waals surface area contributed by atoms with Gasteiger partial charge < -0.3 is 10.1 Å². The molecule has 1 fully saturated rings. The van der Waals surface area contributed by atoms with E-state index < -0.39 is 4.92 Å². The van der Waals surface area contributed by atoms with E-state index in [1.165, 1.54) is 12.1 Å². The predicted molar refractivity (Wildman–Crippen MR) is 76.2 cm³/mol. The van der Waals surface area contributed by atoms with Crippen LogP contribution in [0.1, 0.15) is 6.92 Å². The van der Waals surface area contributed by atoms with Crippen molar-refractivity contribution in [2.24, 2.45) is 0 Å². The molecule has 1 atom stereocenters. The second kappa shape index (κ2) is 6.83. The molecule has 0 amide bonds. The minimum Gasteiger partial charge on any atom is -0.374 e. The molecule has 0 bridgehead atoms. The van der Waals surface area contributed by atoms with Crippen molar-refractivity contribution in [2.75, 3.05) is 38.1 Å². The van der Waals surface area contributed by atoms with Gasteiger partial charge in [-0.25, -0.2) is 4.98 Å². The third-order valence-corrected chi connectivity index (χ3v) is 3.41. The van der Waals surface area contributed by atoms with Crippen molar-refractivity contribution >= 4 is 23.1 Å². The van der Waals surface area contributed by atoms with Gasteiger partial charge in [0.1, 0.15) is 5.15 Å². The fraction of sp³-hybridized carbons (Fsp3) is 0.583. The molecule has 1 N–H and O–H groups in total. The van der Waals surface area contributed by atoms with Gasteiger partial charge in [0.2, 0.25) is 5.82 Å². The maximum absolute atomic E-state index is 10.9. The summed E-state index contributed by atoms with van der Waals surface area (Å²) in [6.07, 6.45) is -0.0101. The van der Waals surface area contributed by atoms with Gasteiger partial charge in [-0.05, 0) is 12.6 Å². The largest absolute Gasteiger partial charge is 0.374 e.